The zero-order valence-corrected chi connectivity index (χ0v) is 11.8. The second kappa shape index (κ2) is 4.98. The van der Waals surface area contributed by atoms with Crippen LogP contribution in [0.25, 0.3) is 11.0 Å². The fourth-order valence-corrected chi connectivity index (χ4v) is 2.29. The van der Waals surface area contributed by atoms with E-state index >= 15 is 0 Å². The third-order valence-corrected chi connectivity index (χ3v) is 3.74. The topological polar surface area (TPSA) is 55.0 Å². The van der Waals surface area contributed by atoms with Gasteiger partial charge in [-0.15, -0.1) is 0 Å². The Kier molecular flexibility index (Phi) is 3.79. The first-order valence-corrected chi connectivity index (χ1v) is 6.03. The molecule has 0 saturated carbocycles. The van der Waals surface area contributed by atoms with Crippen molar-refractivity contribution in [1.82, 2.24) is 9.97 Å². The van der Waals surface area contributed by atoms with Crippen LogP contribution >= 0.6 is 34.8 Å². The van der Waals surface area contributed by atoms with Crippen molar-refractivity contribution in [3.05, 3.63) is 26.5 Å². The maximum absolute atomic E-state index is 12.7. The Labute approximate surface area is 124 Å². The van der Waals surface area contributed by atoms with E-state index in [0.717, 1.165) is 7.11 Å². The number of halogens is 6. The maximum atomic E-state index is 12.7. The minimum Gasteiger partial charge on any atom is -0.465 e. The molecule has 10 heteroatoms. The van der Waals surface area contributed by atoms with Crippen molar-refractivity contribution in [2.24, 2.45) is 0 Å². The summed E-state index contributed by atoms with van der Waals surface area (Å²) < 4.78 is 42.4. The maximum Gasteiger partial charge on any atom is 0.449 e. The molecule has 2 rings (SSSR count). The van der Waals surface area contributed by atoms with Crippen LogP contribution in [0.5, 0.6) is 0 Å². The van der Waals surface area contributed by atoms with E-state index in [4.69, 9.17) is 34.8 Å². The first kappa shape index (κ1) is 15.2. The number of imidazole rings is 1. The summed E-state index contributed by atoms with van der Waals surface area (Å²) in [4.78, 5) is 16.9. The molecular weight excluding hydrogens is 343 g/mol. The number of alkyl halides is 3. The van der Waals surface area contributed by atoms with Gasteiger partial charge < -0.3 is 9.72 Å². The fraction of sp³-hybridized carbons (Fsp3) is 0.200. The number of benzene rings is 1. The second-order valence-electron chi connectivity index (χ2n) is 3.62. The van der Waals surface area contributed by atoms with Crippen LogP contribution in [0.15, 0.2) is 0 Å². The molecule has 2 aromatic rings. The lowest BCUT2D eigenvalue weighted by atomic mass is 10.2. The number of fused-ring (bicyclic) bond motifs is 1. The number of nitrogens with zero attached hydrogens (tertiary/aromatic N) is 1. The number of rotatable bonds is 1. The number of methoxy groups -OCH3 is 1. The molecule has 0 aliphatic heterocycles. The Balaban J connectivity index is 2.91. The lowest BCUT2D eigenvalue weighted by Crippen LogP contribution is -2.07. The quantitative estimate of drug-likeness (QED) is 0.617. The normalized spacial score (nSPS) is 11.9. The Hall–Kier alpha value is -1.18. The van der Waals surface area contributed by atoms with E-state index in [1.165, 1.54) is 0 Å². The predicted octanol–water partition coefficient (Wildman–Crippen LogP) is 4.33. The summed E-state index contributed by atoms with van der Waals surface area (Å²) in [7, 11) is 1.05. The monoisotopic (exact) mass is 346 g/mol. The van der Waals surface area contributed by atoms with Gasteiger partial charge in [0, 0.05) is 0 Å². The largest absolute Gasteiger partial charge is 0.465 e. The molecule has 0 unspecified atom stereocenters. The number of hydrogen-bond acceptors (Lipinski definition) is 3. The van der Waals surface area contributed by atoms with Gasteiger partial charge in [-0.2, -0.15) is 13.2 Å². The van der Waals surface area contributed by atoms with Crippen molar-refractivity contribution in [2.75, 3.05) is 7.11 Å². The minimum atomic E-state index is -4.74. The molecule has 4 nitrogen and oxygen atoms in total. The molecule has 0 bridgehead atoms. The van der Waals surface area contributed by atoms with E-state index in [1.807, 2.05) is 4.98 Å². The molecule has 0 atom stereocenters. The molecule has 0 radical (unpaired) electrons. The lowest BCUT2D eigenvalue weighted by molar-refractivity contribution is -0.144. The number of ether oxygens (including phenoxy) is 1. The molecular formula is C10H4Cl3F3N2O2. The highest BCUT2D eigenvalue weighted by Crippen LogP contribution is 2.41. The van der Waals surface area contributed by atoms with Crippen LogP contribution in [0.3, 0.4) is 0 Å². The summed E-state index contributed by atoms with van der Waals surface area (Å²) in [5.41, 5.74) is -0.959. The van der Waals surface area contributed by atoms with E-state index in [0.29, 0.717) is 0 Å². The number of carbonyl (C=O) groups excluding carboxylic acids is 1. The summed E-state index contributed by atoms with van der Waals surface area (Å²) in [6.07, 6.45) is -4.74. The van der Waals surface area contributed by atoms with Gasteiger partial charge in [-0.25, -0.2) is 9.78 Å². The number of nitrogens with one attached hydrogen (secondary N) is 1. The van der Waals surface area contributed by atoms with Crippen molar-refractivity contribution in [3.63, 3.8) is 0 Å². The van der Waals surface area contributed by atoms with Crippen LogP contribution in [-0.4, -0.2) is 23.0 Å². The van der Waals surface area contributed by atoms with E-state index in [-0.39, 0.29) is 31.7 Å². The van der Waals surface area contributed by atoms with Crippen LogP contribution in [0.4, 0.5) is 13.2 Å². The highest BCUT2D eigenvalue weighted by atomic mass is 35.5. The average molecular weight is 348 g/mol. The van der Waals surface area contributed by atoms with Crippen molar-refractivity contribution >= 4 is 51.8 Å². The zero-order valence-electron chi connectivity index (χ0n) is 9.53. The molecule has 0 spiro atoms. The third-order valence-electron chi connectivity index (χ3n) is 2.42. The van der Waals surface area contributed by atoms with Crippen LogP contribution in [0.1, 0.15) is 16.2 Å². The van der Waals surface area contributed by atoms with Crippen LogP contribution in [0, 0.1) is 0 Å². The molecule has 108 valence electrons. The summed E-state index contributed by atoms with van der Waals surface area (Å²) in [5.74, 6) is -2.28. The highest BCUT2D eigenvalue weighted by Gasteiger charge is 2.36. The summed E-state index contributed by atoms with van der Waals surface area (Å²) in [6.45, 7) is 0. The summed E-state index contributed by atoms with van der Waals surface area (Å²) in [5, 5.41) is -0.874. The molecule has 0 aliphatic rings. The summed E-state index contributed by atoms with van der Waals surface area (Å²) >= 11 is 17.4. The lowest BCUT2D eigenvalue weighted by Gasteiger charge is -2.07. The standard InChI is InChI=1S/C10H4Cl3F3N2O2/c1-20-8(19)2-3(11)4(12)5(13)7-6(2)17-9(18-7)10(14,15)16/h1H3,(H,17,18). The Morgan fingerprint density at radius 3 is 2.30 bits per heavy atom. The zero-order chi connectivity index (χ0) is 15.2. The van der Waals surface area contributed by atoms with Crippen molar-refractivity contribution < 1.29 is 22.7 Å². The predicted molar refractivity (Wildman–Crippen MR) is 67.5 cm³/mol. The first-order chi connectivity index (χ1) is 9.18. The van der Waals surface area contributed by atoms with Gasteiger partial charge in [-0.05, 0) is 0 Å². The Morgan fingerprint density at radius 2 is 1.80 bits per heavy atom. The summed E-state index contributed by atoms with van der Waals surface area (Å²) in [6, 6.07) is 0. The van der Waals surface area contributed by atoms with Crippen LogP contribution in [-0.2, 0) is 10.9 Å². The van der Waals surface area contributed by atoms with Crippen LogP contribution < -0.4 is 0 Å². The molecule has 0 amide bonds. The fourth-order valence-electron chi connectivity index (χ4n) is 1.56. The first-order valence-electron chi connectivity index (χ1n) is 4.90. The average Bonchev–Trinajstić information content (AvgIpc) is 2.80. The Morgan fingerprint density at radius 1 is 1.20 bits per heavy atom. The van der Waals surface area contributed by atoms with Gasteiger partial charge in [-0.1, -0.05) is 34.8 Å². The molecule has 0 saturated heterocycles. The van der Waals surface area contributed by atoms with Crippen molar-refractivity contribution in [1.29, 1.82) is 0 Å². The number of carbonyl (C=O) groups is 1. The molecule has 0 aliphatic carbocycles. The SMILES string of the molecule is COC(=O)c1c(Cl)c(Cl)c(Cl)c2nc(C(F)(F)F)[nH]c12. The molecule has 1 aromatic carbocycles. The van der Waals surface area contributed by atoms with Gasteiger partial charge >= 0.3 is 12.1 Å². The van der Waals surface area contributed by atoms with Gasteiger partial charge in [0.15, 0.2) is 0 Å². The third kappa shape index (κ3) is 2.30. The Bertz CT molecular complexity index is 712. The van der Waals surface area contributed by atoms with Crippen molar-refractivity contribution in [3.8, 4) is 0 Å². The minimum absolute atomic E-state index is 0.276. The van der Waals surface area contributed by atoms with Crippen LogP contribution in [0.2, 0.25) is 15.1 Å². The van der Waals surface area contributed by atoms with Gasteiger partial charge in [0.05, 0.1) is 27.7 Å². The molecule has 0 fully saturated rings. The van der Waals surface area contributed by atoms with Gasteiger partial charge in [0.25, 0.3) is 0 Å². The molecule has 1 aromatic heterocycles. The van der Waals surface area contributed by atoms with Gasteiger partial charge in [-0.3, -0.25) is 0 Å². The molecule has 20 heavy (non-hydrogen) atoms. The molecule has 1 N–H and O–H groups in total. The second-order valence-corrected chi connectivity index (χ2v) is 4.75. The van der Waals surface area contributed by atoms with E-state index < -0.39 is 18.0 Å². The number of aromatic nitrogens is 2. The highest BCUT2D eigenvalue weighted by molar-refractivity contribution is 6.51. The smallest absolute Gasteiger partial charge is 0.449 e. The number of H-pyrrole nitrogens is 1. The van der Waals surface area contributed by atoms with E-state index in [2.05, 4.69) is 9.72 Å². The van der Waals surface area contributed by atoms with E-state index in [9.17, 15) is 18.0 Å². The molecule has 1 heterocycles. The van der Waals surface area contributed by atoms with E-state index in [1.54, 1.807) is 0 Å². The number of esters is 1. The van der Waals surface area contributed by atoms with Crippen molar-refractivity contribution in [2.45, 2.75) is 6.18 Å². The number of aromatic amines is 1. The van der Waals surface area contributed by atoms with Gasteiger partial charge in [0.1, 0.15) is 11.1 Å². The van der Waals surface area contributed by atoms with Gasteiger partial charge in [0.2, 0.25) is 5.82 Å². The number of hydrogen-bond donors (Lipinski definition) is 1.